The molecule has 65 heavy (non-hydrogen) atoms. The molecule has 2 bridgehead atoms. The minimum Gasteiger partial charge on any atom is -0.497 e. The van der Waals surface area contributed by atoms with Crippen LogP contribution in [0.5, 0.6) is 17.4 Å². The van der Waals surface area contributed by atoms with Crippen molar-refractivity contribution in [2.45, 2.75) is 96.6 Å². The number of anilines is 3. The van der Waals surface area contributed by atoms with E-state index in [1.165, 1.54) is 19.1 Å². The molecule has 20 heteroatoms. The number of carbonyl (C=O) groups excluding carboxylic acids is 1. The number of amides is 1. The molecule has 5 heterocycles. The second kappa shape index (κ2) is 16.7. The van der Waals surface area contributed by atoms with Crippen LogP contribution < -0.4 is 28.7 Å². The fourth-order valence-electron chi connectivity index (χ4n) is 9.12. The Balaban J connectivity index is 1.33. The largest absolute Gasteiger partial charge is 0.497 e. The molecular formula is C45H48F5N7O7S. The molecule has 0 saturated carbocycles. The average Bonchev–Trinajstić information content (AvgIpc) is 3.47. The molecule has 3 aliphatic rings. The van der Waals surface area contributed by atoms with Crippen LogP contribution in [-0.2, 0) is 34.0 Å². The van der Waals surface area contributed by atoms with Gasteiger partial charge in [0, 0.05) is 25.2 Å². The van der Waals surface area contributed by atoms with Crippen LogP contribution in [0.15, 0.2) is 54.6 Å². The van der Waals surface area contributed by atoms with Crippen molar-refractivity contribution in [1.82, 2.24) is 19.9 Å². The summed E-state index contributed by atoms with van der Waals surface area (Å²) in [6, 6.07) is 13.0. The molecule has 3 aliphatic heterocycles. The number of rotatable bonds is 10. The van der Waals surface area contributed by atoms with Crippen LogP contribution in [0.3, 0.4) is 0 Å². The number of alkyl halides is 3. The van der Waals surface area contributed by atoms with Crippen molar-refractivity contribution in [3.63, 3.8) is 0 Å². The van der Waals surface area contributed by atoms with E-state index in [1.54, 1.807) is 86.0 Å². The van der Waals surface area contributed by atoms with E-state index in [4.69, 9.17) is 18.9 Å². The van der Waals surface area contributed by atoms with Gasteiger partial charge in [0.2, 0.25) is 21.9 Å². The number of sulfonamides is 1. The summed E-state index contributed by atoms with van der Waals surface area (Å²) < 4.78 is 131. The summed E-state index contributed by atoms with van der Waals surface area (Å²) in [6.45, 7) is 8.02. The normalized spacial score (nSPS) is 19.3. The van der Waals surface area contributed by atoms with E-state index in [1.807, 2.05) is 0 Å². The smallest absolute Gasteiger partial charge is 0.417 e. The van der Waals surface area contributed by atoms with Gasteiger partial charge in [-0.25, -0.2) is 32.0 Å². The molecule has 8 rings (SSSR count). The third kappa shape index (κ3) is 8.83. The number of methoxy groups -OCH3 is 2. The summed E-state index contributed by atoms with van der Waals surface area (Å²) in [4.78, 5) is 31.9. The van der Waals surface area contributed by atoms with Crippen LogP contribution in [0.4, 0.5) is 44.2 Å². The van der Waals surface area contributed by atoms with Crippen molar-refractivity contribution in [3.8, 4) is 28.6 Å². The highest BCUT2D eigenvalue weighted by Crippen LogP contribution is 2.49. The van der Waals surface area contributed by atoms with Crippen molar-refractivity contribution < 1.29 is 54.1 Å². The number of hydrogen-bond acceptors (Lipinski definition) is 12. The Morgan fingerprint density at radius 2 is 1.52 bits per heavy atom. The molecular weight excluding hydrogens is 878 g/mol. The van der Waals surface area contributed by atoms with E-state index in [-0.39, 0.29) is 42.4 Å². The van der Waals surface area contributed by atoms with Crippen LogP contribution in [0, 0.1) is 18.6 Å². The number of fused-ring (bicyclic) bond motifs is 5. The van der Waals surface area contributed by atoms with Gasteiger partial charge in [-0.3, -0.25) is 9.62 Å². The fraction of sp³-hybridized carbons (Fsp3) is 0.422. The maximum absolute atomic E-state index is 17.6. The molecule has 0 radical (unpaired) electrons. The average molecular weight is 926 g/mol. The molecule has 346 valence electrons. The summed E-state index contributed by atoms with van der Waals surface area (Å²) >= 11 is 0. The zero-order chi connectivity index (χ0) is 46.9. The Bertz CT molecular complexity index is 2720. The lowest BCUT2D eigenvalue weighted by Crippen LogP contribution is -2.65. The minimum absolute atomic E-state index is 0.00127. The number of piperazine rings is 1. The number of nitrogens with one attached hydrogen (secondary N) is 1. The number of hydrogen-bond donors (Lipinski definition) is 1. The van der Waals surface area contributed by atoms with Gasteiger partial charge in [-0.05, 0) is 94.5 Å². The number of nitrogens with zero attached hydrogens (tertiary/aromatic N) is 6. The molecule has 0 aliphatic carbocycles. The number of benzene rings is 3. The van der Waals surface area contributed by atoms with Crippen LogP contribution >= 0.6 is 0 Å². The van der Waals surface area contributed by atoms with E-state index in [9.17, 15) is 13.2 Å². The third-order valence-electron chi connectivity index (χ3n) is 11.8. The Morgan fingerprint density at radius 1 is 0.923 bits per heavy atom. The first kappa shape index (κ1) is 45.4. The topological polar surface area (TPSA) is 149 Å². The second-order valence-corrected chi connectivity index (χ2v) is 19.3. The highest BCUT2D eigenvalue weighted by Gasteiger charge is 2.54. The maximum atomic E-state index is 17.6. The first-order chi connectivity index (χ1) is 30.5. The maximum Gasteiger partial charge on any atom is 0.417 e. The quantitative estimate of drug-likeness (QED) is 0.134. The van der Waals surface area contributed by atoms with Crippen molar-refractivity contribution >= 4 is 44.5 Å². The van der Waals surface area contributed by atoms with Gasteiger partial charge in [-0.1, -0.05) is 24.3 Å². The standard InChI is InChI=1S/C45H48F5N7O7S/c1-23-34(45(48,49)50)30(19-32(35(23)46)55(20-25-9-14-28(61-6)15-10-25)21-26-11-16-29(62-7)17-12-26)37-36(47)38-33-40(53-42(52-38)54-65(8,59)60)56-22-27-13-18-31(39(56)24(2)63-41(33)51-37)57(27)43(58)64-44(3,4)5/h9-12,14-17,19,24,27,31,39H,13,18,20-22H2,1-8H3,(H,52,53,54)/t24-,27+,31-,39+/m0/s1. The van der Waals surface area contributed by atoms with Crippen LogP contribution in [-0.4, -0.2) is 91.2 Å². The first-order valence-corrected chi connectivity index (χ1v) is 22.7. The van der Waals surface area contributed by atoms with E-state index < -0.39 is 97.6 Å². The zero-order valence-corrected chi connectivity index (χ0v) is 37.7. The van der Waals surface area contributed by atoms with Crippen LogP contribution in [0.1, 0.15) is 62.8 Å². The lowest BCUT2D eigenvalue weighted by atomic mass is 9.95. The lowest BCUT2D eigenvalue weighted by molar-refractivity contribution is -0.137. The van der Waals surface area contributed by atoms with Gasteiger partial charge in [0.1, 0.15) is 51.4 Å². The molecule has 2 fully saturated rings. The fourth-order valence-corrected chi connectivity index (χ4v) is 9.54. The van der Waals surface area contributed by atoms with E-state index >= 15 is 22.0 Å². The first-order valence-electron chi connectivity index (χ1n) is 20.8. The molecule has 2 saturated heterocycles. The Labute approximate surface area is 372 Å². The van der Waals surface area contributed by atoms with E-state index in [0.29, 0.717) is 35.5 Å². The predicted molar refractivity (Wildman–Crippen MR) is 233 cm³/mol. The second-order valence-electron chi connectivity index (χ2n) is 17.5. The van der Waals surface area contributed by atoms with Gasteiger partial charge >= 0.3 is 12.3 Å². The summed E-state index contributed by atoms with van der Waals surface area (Å²) in [7, 11) is -1.09. The monoisotopic (exact) mass is 925 g/mol. The lowest BCUT2D eigenvalue weighted by Gasteiger charge is -2.48. The van der Waals surface area contributed by atoms with Gasteiger partial charge in [-0.2, -0.15) is 18.2 Å². The molecule has 1 N–H and O–H groups in total. The van der Waals surface area contributed by atoms with Gasteiger partial charge < -0.3 is 28.7 Å². The van der Waals surface area contributed by atoms with Gasteiger partial charge in [0.25, 0.3) is 0 Å². The predicted octanol–water partition coefficient (Wildman–Crippen LogP) is 8.63. The molecule has 1 amide bonds. The number of carbonyl (C=O) groups is 1. The van der Waals surface area contributed by atoms with Crippen molar-refractivity contribution in [3.05, 3.63) is 88.5 Å². The zero-order valence-electron chi connectivity index (χ0n) is 36.9. The van der Waals surface area contributed by atoms with Gasteiger partial charge in [-0.15, -0.1) is 0 Å². The van der Waals surface area contributed by atoms with Crippen LogP contribution in [0.25, 0.3) is 22.2 Å². The molecule has 14 nitrogen and oxygen atoms in total. The highest BCUT2D eigenvalue weighted by molar-refractivity contribution is 7.92. The minimum atomic E-state index is -5.23. The van der Waals surface area contributed by atoms with Gasteiger partial charge in [0.15, 0.2) is 5.82 Å². The third-order valence-corrected chi connectivity index (χ3v) is 12.3. The number of pyridine rings is 1. The van der Waals surface area contributed by atoms with E-state index in [2.05, 4.69) is 19.7 Å². The Morgan fingerprint density at radius 3 is 2.06 bits per heavy atom. The Hall–Kier alpha value is -6.18. The molecule has 0 unspecified atom stereocenters. The SMILES string of the molecule is COc1ccc(CN(Cc2ccc(OC)cc2)c2cc(-c3nc4c5c(nc(NS(C)(=O)=O)nc5c3F)N3C[C@H]5CC[C@@H]([C@H]3[C@H](C)O4)N5C(=O)OC(C)(C)C)c(C(F)(F)F)c(C)c2F)cc1. The molecule has 4 atom stereocenters. The number of aromatic nitrogens is 3. The number of halogens is 5. The molecule has 3 aromatic carbocycles. The summed E-state index contributed by atoms with van der Waals surface area (Å²) in [5, 5.41) is -0.127. The van der Waals surface area contributed by atoms with Crippen molar-refractivity contribution in [2.75, 3.05) is 41.5 Å². The summed E-state index contributed by atoms with van der Waals surface area (Å²) in [5.74, 6) is -2.37. The molecule has 0 spiro atoms. The molecule has 5 aromatic rings. The van der Waals surface area contributed by atoms with Gasteiger partial charge in [0.05, 0.1) is 49.9 Å². The van der Waals surface area contributed by atoms with Crippen molar-refractivity contribution in [1.29, 1.82) is 0 Å². The van der Waals surface area contributed by atoms with Crippen LogP contribution in [0.2, 0.25) is 0 Å². The Kier molecular flexibility index (Phi) is 11.6. The van der Waals surface area contributed by atoms with E-state index in [0.717, 1.165) is 19.2 Å². The summed E-state index contributed by atoms with van der Waals surface area (Å²) in [5.41, 5.74) is -4.40. The van der Waals surface area contributed by atoms with Crippen molar-refractivity contribution in [2.24, 2.45) is 0 Å². The number of ether oxygens (including phenoxy) is 4. The molecule has 2 aromatic heterocycles. The summed E-state index contributed by atoms with van der Waals surface area (Å²) in [6.07, 6.45) is -4.71. The highest BCUT2D eigenvalue weighted by atomic mass is 32.2.